The Morgan fingerprint density at radius 1 is 1.37 bits per heavy atom. The summed E-state index contributed by atoms with van der Waals surface area (Å²) in [4.78, 5) is 16.2. The van der Waals surface area contributed by atoms with Crippen LogP contribution in [0.3, 0.4) is 0 Å². The number of carbonyl (C=O) groups excluding carboxylic acids is 1. The van der Waals surface area contributed by atoms with Crippen molar-refractivity contribution in [2.75, 3.05) is 11.9 Å². The van der Waals surface area contributed by atoms with Gasteiger partial charge in [0.05, 0.1) is 24.1 Å². The van der Waals surface area contributed by atoms with E-state index in [0.29, 0.717) is 23.6 Å². The summed E-state index contributed by atoms with van der Waals surface area (Å²) in [5, 5.41) is 2.79. The van der Waals surface area contributed by atoms with Gasteiger partial charge in [-0.05, 0) is 41.1 Å². The molecule has 0 aliphatic heterocycles. The molecule has 0 unspecified atom stereocenters. The number of nitrogens with one attached hydrogen (secondary N) is 1. The molecule has 1 aromatic carbocycles. The predicted octanol–water partition coefficient (Wildman–Crippen LogP) is 3.50. The summed E-state index contributed by atoms with van der Waals surface area (Å²) in [6, 6.07) is 8.93. The third kappa shape index (κ3) is 3.54. The summed E-state index contributed by atoms with van der Waals surface area (Å²) < 4.78 is 6.24. The van der Waals surface area contributed by atoms with Crippen LogP contribution in [0.5, 0.6) is 5.75 Å². The summed E-state index contributed by atoms with van der Waals surface area (Å²) in [6.45, 7) is 2.40. The molecule has 4 nitrogen and oxygen atoms in total. The van der Waals surface area contributed by atoms with Crippen LogP contribution in [0, 0.1) is 0 Å². The SMILES string of the molecule is CCOc1ccccc1C(=O)Nc1cncc(Br)c1. The minimum Gasteiger partial charge on any atom is -0.493 e. The van der Waals surface area contributed by atoms with Crippen molar-refractivity contribution in [1.82, 2.24) is 4.98 Å². The third-order valence-corrected chi connectivity index (χ3v) is 2.83. The van der Waals surface area contributed by atoms with E-state index in [1.54, 1.807) is 36.7 Å². The Bertz CT molecular complexity index is 587. The topological polar surface area (TPSA) is 51.2 Å². The van der Waals surface area contributed by atoms with Gasteiger partial charge in [-0.2, -0.15) is 0 Å². The molecule has 0 aliphatic carbocycles. The molecule has 1 heterocycles. The fraction of sp³-hybridized carbons (Fsp3) is 0.143. The Kier molecular flexibility index (Phi) is 4.52. The largest absolute Gasteiger partial charge is 0.493 e. The number of hydrogen-bond acceptors (Lipinski definition) is 3. The lowest BCUT2D eigenvalue weighted by atomic mass is 10.2. The number of para-hydroxylation sites is 1. The van der Waals surface area contributed by atoms with Crippen LogP contribution >= 0.6 is 15.9 Å². The van der Waals surface area contributed by atoms with Gasteiger partial charge in [0.15, 0.2) is 0 Å². The second-order valence-electron chi connectivity index (χ2n) is 3.78. The van der Waals surface area contributed by atoms with Crippen LogP contribution in [0.4, 0.5) is 5.69 Å². The van der Waals surface area contributed by atoms with E-state index in [-0.39, 0.29) is 5.91 Å². The van der Waals surface area contributed by atoms with Crippen LogP contribution in [0.1, 0.15) is 17.3 Å². The Morgan fingerprint density at radius 2 is 2.16 bits per heavy atom. The van der Waals surface area contributed by atoms with Gasteiger partial charge in [0, 0.05) is 10.7 Å². The first-order chi connectivity index (χ1) is 9.20. The van der Waals surface area contributed by atoms with Gasteiger partial charge < -0.3 is 10.1 Å². The van der Waals surface area contributed by atoms with E-state index in [1.165, 1.54) is 0 Å². The van der Waals surface area contributed by atoms with Crippen molar-refractivity contribution in [2.45, 2.75) is 6.92 Å². The zero-order chi connectivity index (χ0) is 13.7. The molecule has 0 radical (unpaired) electrons. The van der Waals surface area contributed by atoms with Gasteiger partial charge in [-0.3, -0.25) is 9.78 Å². The molecule has 1 N–H and O–H groups in total. The minimum atomic E-state index is -0.219. The highest BCUT2D eigenvalue weighted by atomic mass is 79.9. The van der Waals surface area contributed by atoms with Crippen LogP contribution in [0.2, 0.25) is 0 Å². The van der Waals surface area contributed by atoms with Crippen molar-refractivity contribution < 1.29 is 9.53 Å². The van der Waals surface area contributed by atoms with Crippen molar-refractivity contribution >= 4 is 27.5 Å². The maximum Gasteiger partial charge on any atom is 0.259 e. The number of carbonyl (C=O) groups is 1. The van der Waals surface area contributed by atoms with Crippen molar-refractivity contribution in [3.05, 3.63) is 52.8 Å². The first-order valence-corrected chi connectivity index (χ1v) is 6.63. The van der Waals surface area contributed by atoms with Crippen LogP contribution in [0.25, 0.3) is 0 Å². The quantitative estimate of drug-likeness (QED) is 0.938. The highest BCUT2D eigenvalue weighted by Crippen LogP contribution is 2.20. The van der Waals surface area contributed by atoms with Crippen LogP contribution < -0.4 is 10.1 Å². The molecule has 0 spiro atoms. The molecular weight excluding hydrogens is 308 g/mol. The van der Waals surface area contributed by atoms with Crippen LogP contribution in [0.15, 0.2) is 47.2 Å². The average Bonchev–Trinajstić information content (AvgIpc) is 2.39. The smallest absolute Gasteiger partial charge is 0.259 e. The predicted molar refractivity (Wildman–Crippen MR) is 77.5 cm³/mol. The lowest BCUT2D eigenvalue weighted by molar-refractivity contribution is 0.102. The highest BCUT2D eigenvalue weighted by molar-refractivity contribution is 9.10. The number of aromatic nitrogens is 1. The van der Waals surface area contributed by atoms with E-state index < -0.39 is 0 Å². The zero-order valence-corrected chi connectivity index (χ0v) is 12.0. The van der Waals surface area contributed by atoms with Crippen molar-refractivity contribution in [3.8, 4) is 5.75 Å². The average molecular weight is 321 g/mol. The van der Waals surface area contributed by atoms with Gasteiger partial charge in [0.25, 0.3) is 5.91 Å². The van der Waals surface area contributed by atoms with E-state index in [9.17, 15) is 4.79 Å². The molecule has 1 amide bonds. The maximum atomic E-state index is 12.2. The van der Waals surface area contributed by atoms with Crippen molar-refractivity contribution in [1.29, 1.82) is 0 Å². The number of amides is 1. The molecule has 0 bridgehead atoms. The van der Waals surface area contributed by atoms with Gasteiger partial charge in [-0.25, -0.2) is 0 Å². The van der Waals surface area contributed by atoms with E-state index in [0.717, 1.165) is 4.47 Å². The van der Waals surface area contributed by atoms with Crippen molar-refractivity contribution in [3.63, 3.8) is 0 Å². The molecule has 0 atom stereocenters. The number of benzene rings is 1. The molecule has 0 saturated carbocycles. The number of nitrogens with zero attached hydrogens (tertiary/aromatic N) is 1. The minimum absolute atomic E-state index is 0.219. The van der Waals surface area contributed by atoms with Gasteiger partial charge in [0.2, 0.25) is 0 Å². The molecule has 98 valence electrons. The highest BCUT2D eigenvalue weighted by Gasteiger charge is 2.12. The molecule has 0 aliphatic rings. The van der Waals surface area contributed by atoms with Crippen LogP contribution in [-0.2, 0) is 0 Å². The molecular formula is C14H13BrN2O2. The number of rotatable bonds is 4. The lowest BCUT2D eigenvalue weighted by Gasteiger charge is -2.10. The lowest BCUT2D eigenvalue weighted by Crippen LogP contribution is -2.13. The Labute approximate surface area is 119 Å². The molecule has 5 heteroatoms. The standard InChI is InChI=1S/C14H13BrN2O2/c1-2-19-13-6-4-3-5-12(13)14(18)17-11-7-10(15)8-16-9-11/h3-9H,2H2,1H3,(H,17,18). The Balaban J connectivity index is 2.20. The van der Waals surface area contributed by atoms with E-state index in [4.69, 9.17) is 4.74 Å². The molecule has 19 heavy (non-hydrogen) atoms. The summed E-state index contributed by atoms with van der Waals surface area (Å²) >= 11 is 3.31. The summed E-state index contributed by atoms with van der Waals surface area (Å²) in [6.07, 6.45) is 3.25. The third-order valence-electron chi connectivity index (χ3n) is 2.39. The first kappa shape index (κ1) is 13.5. The fourth-order valence-electron chi connectivity index (χ4n) is 1.61. The number of anilines is 1. The van der Waals surface area contributed by atoms with E-state index >= 15 is 0 Å². The van der Waals surface area contributed by atoms with Gasteiger partial charge >= 0.3 is 0 Å². The van der Waals surface area contributed by atoms with E-state index in [2.05, 4.69) is 26.2 Å². The van der Waals surface area contributed by atoms with Gasteiger partial charge in [-0.1, -0.05) is 12.1 Å². The molecule has 1 aromatic heterocycles. The van der Waals surface area contributed by atoms with Crippen LogP contribution in [-0.4, -0.2) is 17.5 Å². The van der Waals surface area contributed by atoms with Crippen molar-refractivity contribution in [2.24, 2.45) is 0 Å². The molecule has 2 rings (SSSR count). The Morgan fingerprint density at radius 3 is 2.89 bits per heavy atom. The van der Waals surface area contributed by atoms with Gasteiger partial charge in [-0.15, -0.1) is 0 Å². The maximum absolute atomic E-state index is 12.2. The number of pyridine rings is 1. The molecule has 2 aromatic rings. The molecule has 0 fully saturated rings. The second kappa shape index (κ2) is 6.33. The zero-order valence-electron chi connectivity index (χ0n) is 10.4. The van der Waals surface area contributed by atoms with Gasteiger partial charge in [0.1, 0.15) is 5.75 Å². The summed E-state index contributed by atoms with van der Waals surface area (Å²) in [7, 11) is 0. The normalized spacial score (nSPS) is 10.0. The monoisotopic (exact) mass is 320 g/mol. The summed E-state index contributed by atoms with van der Waals surface area (Å²) in [5.41, 5.74) is 1.13. The summed E-state index contributed by atoms with van der Waals surface area (Å²) in [5.74, 6) is 0.356. The fourth-order valence-corrected chi connectivity index (χ4v) is 1.98. The van der Waals surface area contributed by atoms with E-state index in [1.807, 2.05) is 13.0 Å². The first-order valence-electron chi connectivity index (χ1n) is 5.84. The Hall–Kier alpha value is -1.88. The number of ether oxygens (including phenoxy) is 1. The number of halogens is 1. The molecule has 0 saturated heterocycles. The second-order valence-corrected chi connectivity index (χ2v) is 4.69. The number of hydrogen-bond donors (Lipinski definition) is 1.